The van der Waals surface area contributed by atoms with E-state index in [-0.39, 0.29) is 16.4 Å². The third kappa shape index (κ3) is 3.62. The predicted octanol–water partition coefficient (Wildman–Crippen LogP) is 3.03. The highest BCUT2D eigenvalue weighted by Gasteiger charge is 2.18. The number of hydrogen-bond donors (Lipinski definition) is 2. The number of benzene rings is 2. The Bertz CT molecular complexity index is 804. The smallest absolute Gasteiger partial charge is 0.263 e. The number of hydrogen-bond acceptors (Lipinski definition) is 4. The van der Waals surface area contributed by atoms with Crippen LogP contribution in [0, 0.1) is 0 Å². The van der Waals surface area contributed by atoms with E-state index in [0.717, 1.165) is 0 Å². The van der Waals surface area contributed by atoms with Crippen LogP contribution >= 0.6 is 15.9 Å². The fourth-order valence-corrected chi connectivity index (χ4v) is 3.32. The van der Waals surface area contributed by atoms with Crippen LogP contribution in [-0.4, -0.2) is 14.2 Å². The van der Waals surface area contributed by atoms with Crippen LogP contribution in [-0.2, 0) is 10.0 Å². The minimum Gasteiger partial charge on any atom is -0.398 e. The molecule has 0 unspecified atom stereocenters. The van der Waals surface area contributed by atoms with Crippen LogP contribution in [0.4, 0.5) is 11.4 Å². The maximum atomic E-state index is 12.3. The highest BCUT2D eigenvalue weighted by molar-refractivity contribution is 9.10. The lowest BCUT2D eigenvalue weighted by molar-refractivity contribution is 0.101. The lowest BCUT2D eigenvalue weighted by Crippen LogP contribution is -2.15. The molecule has 0 saturated heterocycles. The molecule has 110 valence electrons. The van der Waals surface area contributed by atoms with Gasteiger partial charge in [0.2, 0.25) is 0 Å². The van der Waals surface area contributed by atoms with Gasteiger partial charge >= 0.3 is 0 Å². The van der Waals surface area contributed by atoms with Crippen molar-refractivity contribution < 1.29 is 13.2 Å². The molecule has 0 heterocycles. The van der Waals surface area contributed by atoms with Crippen LogP contribution in [0.2, 0.25) is 0 Å². The van der Waals surface area contributed by atoms with Gasteiger partial charge in [-0.3, -0.25) is 9.52 Å². The van der Waals surface area contributed by atoms with E-state index in [4.69, 9.17) is 5.73 Å². The number of ketones is 1. The molecule has 0 amide bonds. The first kappa shape index (κ1) is 15.5. The summed E-state index contributed by atoms with van der Waals surface area (Å²) in [5.74, 6) is -0.140. The fourth-order valence-electron chi connectivity index (χ4n) is 1.78. The summed E-state index contributed by atoms with van der Waals surface area (Å²) in [6.07, 6.45) is 0. The molecular weight excluding hydrogens is 356 g/mol. The quantitative estimate of drug-likeness (QED) is 0.640. The number of carbonyl (C=O) groups excluding carboxylic acids is 1. The molecule has 7 heteroatoms. The standard InChI is InChI=1S/C14H13BrN2O3S/c1-9(18)10-3-2-4-12(7-10)17-21(19,20)14-6-5-11(15)8-13(14)16/h2-8,17H,16H2,1H3. The molecule has 2 aromatic rings. The van der Waals surface area contributed by atoms with Crippen LogP contribution in [0.25, 0.3) is 0 Å². The molecule has 0 saturated carbocycles. The molecule has 0 atom stereocenters. The van der Waals surface area contributed by atoms with Crippen molar-refractivity contribution in [3.63, 3.8) is 0 Å². The van der Waals surface area contributed by atoms with E-state index < -0.39 is 10.0 Å². The Kier molecular flexibility index (Phi) is 4.34. The summed E-state index contributed by atoms with van der Waals surface area (Å²) in [5.41, 5.74) is 6.61. The van der Waals surface area contributed by atoms with Crippen molar-refractivity contribution in [1.82, 2.24) is 0 Å². The van der Waals surface area contributed by atoms with Gasteiger partial charge in [-0.05, 0) is 37.3 Å². The van der Waals surface area contributed by atoms with Crippen molar-refractivity contribution in [2.24, 2.45) is 0 Å². The van der Waals surface area contributed by atoms with Crippen LogP contribution in [0.5, 0.6) is 0 Å². The Hall–Kier alpha value is -1.86. The highest BCUT2D eigenvalue weighted by atomic mass is 79.9. The number of nitrogens with two attached hydrogens (primary N) is 1. The van der Waals surface area contributed by atoms with Gasteiger partial charge in [-0.1, -0.05) is 28.1 Å². The molecule has 0 radical (unpaired) electrons. The van der Waals surface area contributed by atoms with E-state index >= 15 is 0 Å². The molecule has 0 aliphatic carbocycles. The summed E-state index contributed by atoms with van der Waals surface area (Å²) in [5, 5.41) is 0. The average molecular weight is 369 g/mol. The van der Waals surface area contributed by atoms with Gasteiger partial charge in [0.1, 0.15) is 4.90 Å². The van der Waals surface area contributed by atoms with Crippen molar-refractivity contribution in [3.05, 3.63) is 52.5 Å². The third-order valence-electron chi connectivity index (χ3n) is 2.78. The number of halogens is 1. The molecule has 0 aromatic heterocycles. The zero-order valence-corrected chi connectivity index (χ0v) is 13.5. The number of rotatable bonds is 4. The van der Waals surface area contributed by atoms with Gasteiger partial charge in [0.05, 0.1) is 5.69 Å². The SMILES string of the molecule is CC(=O)c1cccc(NS(=O)(=O)c2ccc(Br)cc2N)c1. The van der Waals surface area contributed by atoms with E-state index in [1.54, 1.807) is 24.3 Å². The van der Waals surface area contributed by atoms with Crippen molar-refractivity contribution in [3.8, 4) is 0 Å². The van der Waals surface area contributed by atoms with Gasteiger partial charge < -0.3 is 5.73 Å². The number of nitrogen functional groups attached to an aromatic ring is 1. The number of sulfonamides is 1. The Morgan fingerprint density at radius 3 is 2.52 bits per heavy atom. The van der Waals surface area contributed by atoms with Crippen molar-refractivity contribution in [2.75, 3.05) is 10.5 Å². The van der Waals surface area contributed by atoms with Crippen molar-refractivity contribution >= 4 is 43.1 Å². The molecule has 2 rings (SSSR count). The molecule has 0 fully saturated rings. The van der Waals surface area contributed by atoms with Gasteiger partial charge in [-0.2, -0.15) is 0 Å². The largest absolute Gasteiger partial charge is 0.398 e. The Morgan fingerprint density at radius 2 is 1.90 bits per heavy atom. The molecule has 3 N–H and O–H groups in total. The summed E-state index contributed by atoms with van der Waals surface area (Å²) >= 11 is 3.22. The molecular formula is C14H13BrN2O3S. The summed E-state index contributed by atoms with van der Waals surface area (Å²) in [7, 11) is -3.81. The van der Waals surface area contributed by atoms with Crippen molar-refractivity contribution in [1.29, 1.82) is 0 Å². The molecule has 21 heavy (non-hydrogen) atoms. The molecule has 0 bridgehead atoms. The number of Topliss-reactive ketones (excluding diaryl/α,β-unsaturated/α-hetero) is 1. The molecule has 2 aromatic carbocycles. The second kappa shape index (κ2) is 5.87. The number of nitrogens with one attached hydrogen (secondary N) is 1. The minimum atomic E-state index is -3.81. The summed E-state index contributed by atoms with van der Waals surface area (Å²) in [6, 6.07) is 10.8. The number of anilines is 2. The monoisotopic (exact) mass is 368 g/mol. The summed E-state index contributed by atoms with van der Waals surface area (Å²) in [4.78, 5) is 11.3. The second-order valence-electron chi connectivity index (χ2n) is 4.42. The molecule has 0 aliphatic rings. The maximum absolute atomic E-state index is 12.3. The highest BCUT2D eigenvalue weighted by Crippen LogP contribution is 2.25. The van der Waals surface area contributed by atoms with E-state index in [1.165, 1.54) is 25.1 Å². The topological polar surface area (TPSA) is 89.3 Å². The first-order valence-electron chi connectivity index (χ1n) is 5.98. The van der Waals surface area contributed by atoms with Crippen LogP contribution in [0.3, 0.4) is 0 Å². The number of carbonyl (C=O) groups is 1. The lowest BCUT2D eigenvalue weighted by atomic mass is 10.1. The third-order valence-corrected chi connectivity index (χ3v) is 4.73. The van der Waals surface area contributed by atoms with E-state index in [1.807, 2.05) is 0 Å². The Labute approximate surface area is 131 Å². The Morgan fingerprint density at radius 1 is 1.19 bits per heavy atom. The van der Waals surface area contributed by atoms with E-state index in [2.05, 4.69) is 20.7 Å². The first-order chi connectivity index (χ1) is 9.79. The average Bonchev–Trinajstić information content (AvgIpc) is 2.37. The summed E-state index contributed by atoms with van der Waals surface area (Å²) < 4.78 is 27.8. The molecule has 0 spiro atoms. The normalized spacial score (nSPS) is 11.1. The fraction of sp³-hybridized carbons (Fsp3) is 0.0714. The molecule has 0 aliphatic heterocycles. The molecule has 5 nitrogen and oxygen atoms in total. The van der Waals surface area contributed by atoms with Crippen LogP contribution in [0.15, 0.2) is 51.8 Å². The lowest BCUT2D eigenvalue weighted by Gasteiger charge is -2.11. The van der Waals surface area contributed by atoms with Crippen molar-refractivity contribution in [2.45, 2.75) is 11.8 Å². The minimum absolute atomic E-state index is 0.0149. The van der Waals surface area contributed by atoms with E-state index in [0.29, 0.717) is 15.7 Å². The zero-order valence-electron chi connectivity index (χ0n) is 11.1. The van der Waals surface area contributed by atoms with Gasteiger partial charge in [-0.25, -0.2) is 8.42 Å². The maximum Gasteiger partial charge on any atom is 0.263 e. The zero-order chi connectivity index (χ0) is 15.6. The van der Waals surface area contributed by atoms with Crippen LogP contribution in [0.1, 0.15) is 17.3 Å². The second-order valence-corrected chi connectivity index (χ2v) is 6.99. The van der Waals surface area contributed by atoms with Gasteiger partial charge in [-0.15, -0.1) is 0 Å². The first-order valence-corrected chi connectivity index (χ1v) is 8.26. The predicted molar refractivity (Wildman–Crippen MR) is 85.8 cm³/mol. The van der Waals surface area contributed by atoms with Gasteiger partial charge in [0.25, 0.3) is 10.0 Å². The summed E-state index contributed by atoms with van der Waals surface area (Å²) in [6.45, 7) is 1.42. The van der Waals surface area contributed by atoms with E-state index in [9.17, 15) is 13.2 Å². The Balaban J connectivity index is 2.37. The van der Waals surface area contributed by atoms with Gasteiger partial charge in [0, 0.05) is 15.7 Å². The van der Waals surface area contributed by atoms with Gasteiger partial charge in [0.15, 0.2) is 5.78 Å². The van der Waals surface area contributed by atoms with Crippen LogP contribution < -0.4 is 10.5 Å².